The van der Waals surface area contributed by atoms with Gasteiger partial charge in [-0.3, -0.25) is 0 Å². The summed E-state index contributed by atoms with van der Waals surface area (Å²) in [6, 6.07) is 0.397. The minimum Gasteiger partial charge on any atom is -0.328 e. The van der Waals surface area contributed by atoms with E-state index in [1.54, 1.807) is 0 Å². The summed E-state index contributed by atoms with van der Waals surface area (Å²) in [5, 5.41) is 0. The Bertz CT molecular complexity index is 187. The summed E-state index contributed by atoms with van der Waals surface area (Å²) in [6.07, 6.45) is 4.08. The van der Waals surface area contributed by atoms with Crippen molar-refractivity contribution in [1.29, 1.82) is 0 Å². The van der Waals surface area contributed by atoms with Crippen LogP contribution >= 0.6 is 24.2 Å². The van der Waals surface area contributed by atoms with Crippen LogP contribution in [0.3, 0.4) is 0 Å². The molecule has 2 unspecified atom stereocenters. The van der Waals surface area contributed by atoms with Gasteiger partial charge in [0.2, 0.25) is 0 Å². The standard InChI is InChI=1S/C12H24N2S.ClH/c1-10(13)12-2-5-14(6-3-12)8-11-4-7-15-9-11;/h10-12H,2-9,13H2,1H3;1H. The van der Waals surface area contributed by atoms with Gasteiger partial charge in [-0.15, -0.1) is 12.4 Å². The summed E-state index contributed by atoms with van der Waals surface area (Å²) in [5.41, 5.74) is 5.95. The van der Waals surface area contributed by atoms with E-state index >= 15 is 0 Å². The van der Waals surface area contributed by atoms with E-state index in [0.717, 1.165) is 11.8 Å². The van der Waals surface area contributed by atoms with Crippen LogP contribution in [0.5, 0.6) is 0 Å². The molecular weight excluding hydrogens is 240 g/mol. The molecule has 2 aliphatic rings. The minimum absolute atomic E-state index is 0. The van der Waals surface area contributed by atoms with Crippen LogP contribution in [-0.4, -0.2) is 42.1 Å². The molecule has 96 valence electrons. The number of halogens is 1. The lowest BCUT2D eigenvalue weighted by Gasteiger charge is -2.34. The quantitative estimate of drug-likeness (QED) is 0.848. The van der Waals surface area contributed by atoms with Crippen molar-refractivity contribution in [2.45, 2.75) is 32.2 Å². The topological polar surface area (TPSA) is 29.3 Å². The van der Waals surface area contributed by atoms with Gasteiger partial charge in [0.15, 0.2) is 0 Å². The van der Waals surface area contributed by atoms with Crippen LogP contribution in [0.15, 0.2) is 0 Å². The van der Waals surface area contributed by atoms with Crippen molar-refractivity contribution in [3.05, 3.63) is 0 Å². The molecule has 0 aromatic carbocycles. The molecule has 2 nitrogen and oxygen atoms in total. The molecule has 0 bridgehead atoms. The SMILES string of the molecule is CC(N)C1CCN(CC2CCSC2)CC1.Cl. The molecule has 0 radical (unpaired) electrons. The number of nitrogens with zero attached hydrogens (tertiary/aromatic N) is 1. The van der Waals surface area contributed by atoms with Crippen LogP contribution in [0.4, 0.5) is 0 Å². The number of nitrogens with two attached hydrogens (primary N) is 1. The van der Waals surface area contributed by atoms with Crippen LogP contribution in [-0.2, 0) is 0 Å². The Balaban J connectivity index is 0.00000128. The van der Waals surface area contributed by atoms with Crippen LogP contribution in [0.25, 0.3) is 0 Å². The molecular formula is C12H25ClN2S. The molecule has 2 saturated heterocycles. The van der Waals surface area contributed by atoms with Crippen molar-refractivity contribution in [3.8, 4) is 0 Å². The number of piperidine rings is 1. The monoisotopic (exact) mass is 264 g/mol. The van der Waals surface area contributed by atoms with E-state index in [0.29, 0.717) is 6.04 Å². The van der Waals surface area contributed by atoms with Crippen molar-refractivity contribution in [1.82, 2.24) is 4.90 Å². The van der Waals surface area contributed by atoms with Crippen LogP contribution in [0, 0.1) is 11.8 Å². The Kier molecular flexibility index (Phi) is 6.48. The predicted molar refractivity (Wildman–Crippen MR) is 75.5 cm³/mol. The summed E-state index contributed by atoms with van der Waals surface area (Å²) in [5.74, 6) is 4.54. The first-order chi connectivity index (χ1) is 7.25. The third-order valence-corrected chi connectivity index (χ3v) is 5.15. The molecule has 2 N–H and O–H groups in total. The highest BCUT2D eigenvalue weighted by Gasteiger charge is 2.24. The predicted octanol–water partition coefficient (Wildman–Crippen LogP) is 2.22. The molecule has 2 atom stereocenters. The van der Waals surface area contributed by atoms with Crippen molar-refractivity contribution < 1.29 is 0 Å². The zero-order valence-electron chi connectivity index (χ0n) is 10.2. The summed E-state index contributed by atoms with van der Waals surface area (Å²) in [7, 11) is 0. The molecule has 2 aliphatic heterocycles. The fourth-order valence-electron chi connectivity index (χ4n) is 2.75. The van der Waals surface area contributed by atoms with Gasteiger partial charge < -0.3 is 10.6 Å². The molecule has 0 saturated carbocycles. The molecule has 16 heavy (non-hydrogen) atoms. The van der Waals surface area contributed by atoms with Gasteiger partial charge in [0.1, 0.15) is 0 Å². The molecule has 2 rings (SSSR count). The summed E-state index contributed by atoms with van der Waals surface area (Å²) in [6.45, 7) is 6.08. The van der Waals surface area contributed by atoms with Gasteiger partial charge in [0.05, 0.1) is 0 Å². The maximum Gasteiger partial charge on any atom is 0.00397 e. The lowest BCUT2D eigenvalue weighted by atomic mass is 9.90. The zero-order chi connectivity index (χ0) is 10.7. The van der Waals surface area contributed by atoms with Crippen LogP contribution in [0.1, 0.15) is 26.2 Å². The second kappa shape index (κ2) is 7.10. The Morgan fingerprint density at radius 1 is 1.31 bits per heavy atom. The first kappa shape index (κ1) is 14.6. The van der Waals surface area contributed by atoms with E-state index in [4.69, 9.17) is 5.73 Å². The highest BCUT2D eigenvalue weighted by Crippen LogP contribution is 2.26. The lowest BCUT2D eigenvalue weighted by molar-refractivity contribution is 0.155. The van der Waals surface area contributed by atoms with Crippen molar-refractivity contribution in [2.24, 2.45) is 17.6 Å². The average Bonchev–Trinajstić information content (AvgIpc) is 2.71. The molecule has 0 spiro atoms. The Morgan fingerprint density at radius 2 is 2.00 bits per heavy atom. The fourth-order valence-corrected chi connectivity index (χ4v) is 4.03. The molecule has 2 heterocycles. The van der Waals surface area contributed by atoms with Gasteiger partial charge in [-0.2, -0.15) is 11.8 Å². The third-order valence-electron chi connectivity index (χ3n) is 3.92. The maximum atomic E-state index is 5.95. The first-order valence-corrected chi connectivity index (χ1v) is 7.47. The van der Waals surface area contributed by atoms with Crippen molar-refractivity contribution >= 4 is 24.2 Å². The van der Waals surface area contributed by atoms with Crippen molar-refractivity contribution in [3.63, 3.8) is 0 Å². The molecule has 0 aromatic rings. The van der Waals surface area contributed by atoms with E-state index < -0.39 is 0 Å². The summed E-state index contributed by atoms with van der Waals surface area (Å²) in [4.78, 5) is 2.66. The number of thioether (sulfide) groups is 1. The Morgan fingerprint density at radius 3 is 2.50 bits per heavy atom. The van der Waals surface area contributed by atoms with E-state index in [-0.39, 0.29) is 12.4 Å². The van der Waals surface area contributed by atoms with Gasteiger partial charge in [0.25, 0.3) is 0 Å². The first-order valence-electron chi connectivity index (χ1n) is 6.31. The smallest absolute Gasteiger partial charge is 0.00397 e. The van der Waals surface area contributed by atoms with E-state index in [1.807, 2.05) is 0 Å². The largest absolute Gasteiger partial charge is 0.328 e. The van der Waals surface area contributed by atoms with Gasteiger partial charge in [-0.25, -0.2) is 0 Å². The maximum absolute atomic E-state index is 5.95. The second-order valence-electron chi connectivity index (χ2n) is 5.23. The van der Waals surface area contributed by atoms with E-state index in [9.17, 15) is 0 Å². The number of rotatable bonds is 3. The van der Waals surface area contributed by atoms with Crippen LogP contribution < -0.4 is 5.73 Å². The number of likely N-dealkylation sites (tertiary alicyclic amines) is 1. The second-order valence-corrected chi connectivity index (χ2v) is 6.38. The zero-order valence-corrected chi connectivity index (χ0v) is 11.9. The fraction of sp³-hybridized carbons (Fsp3) is 1.00. The molecule has 0 amide bonds. The lowest BCUT2D eigenvalue weighted by Crippen LogP contribution is -2.41. The van der Waals surface area contributed by atoms with E-state index in [1.165, 1.54) is 50.4 Å². The van der Waals surface area contributed by atoms with Gasteiger partial charge in [-0.05, 0) is 62.6 Å². The van der Waals surface area contributed by atoms with Gasteiger partial charge in [0, 0.05) is 12.6 Å². The summed E-state index contributed by atoms with van der Waals surface area (Å²) >= 11 is 2.13. The van der Waals surface area contributed by atoms with Gasteiger partial charge >= 0.3 is 0 Å². The normalized spacial score (nSPS) is 30.0. The molecule has 2 fully saturated rings. The van der Waals surface area contributed by atoms with Crippen LogP contribution in [0.2, 0.25) is 0 Å². The molecule has 4 heteroatoms. The summed E-state index contributed by atoms with van der Waals surface area (Å²) < 4.78 is 0. The Hall–Kier alpha value is 0.560. The molecule has 0 aliphatic carbocycles. The van der Waals surface area contributed by atoms with E-state index in [2.05, 4.69) is 23.6 Å². The highest BCUT2D eigenvalue weighted by molar-refractivity contribution is 7.99. The third kappa shape index (κ3) is 4.10. The van der Waals surface area contributed by atoms with Gasteiger partial charge in [-0.1, -0.05) is 0 Å². The number of hydrogen-bond acceptors (Lipinski definition) is 3. The Labute approximate surface area is 110 Å². The minimum atomic E-state index is 0. The highest BCUT2D eigenvalue weighted by atomic mass is 35.5. The number of hydrogen-bond donors (Lipinski definition) is 1. The average molecular weight is 265 g/mol. The molecule has 0 aromatic heterocycles. The van der Waals surface area contributed by atoms with Crippen molar-refractivity contribution in [2.75, 3.05) is 31.1 Å².